The average Bonchev–Trinajstić information content (AvgIpc) is 2.48. The summed E-state index contributed by atoms with van der Waals surface area (Å²) >= 11 is 18.1. The van der Waals surface area contributed by atoms with Gasteiger partial charge in [-0.1, -0.05) is 48.7 Å². The summed E-state index contributed by atoms with van der Waals surface area (Å²) in [5.41, 5.74) is -0.691. The van der Waals surface area contributed by atoms with Crippen LogP contribution in [-0.4, -0.2) is 36.3 Å². The quantitative estimate of drug-likeness (QED) is 0.602. The van der Waals surface area contributed by atoms with Crippen LogP contribution in [0.5, 0.6) is 5.75 Å². The highest BCUT2D eigenvalue weighted by Gasteiger charge is 2.27. The lowest BCUT2D eigenvalue weighted by atomic mass is 10.0. The summed E-state index contributed by atoms with van der Waals surface area (Å²) in [6.45, 7) is 10.9. The van der Waals surface area contributed by atoms with Gasteiger partial charge in [0.2, 0.25) is 5.91 Å². The minimum absolute atomic E-state index is 0.0763. The Morgan fingerprint density at radius 2 is 1.61 bits per heavy atom. The average molecular weight is 454 g/mol. The second-order valence-electron chi connectivity index (χ2n) is 7.79. The highest BCUT2D eigenvalue weighted by atomic mass is 35.5. The van der Waals surface area contributed by atoms with Crippen LogP contribution in [0.3, 0.4) is 0 Å². The van der Waals surface area contributed by atoms with Crippen molar-refractivity contribution in [2.75, 3.05) is 6.61 Å². The molecule has 1 aromatic carbocycles. The Kier molecular flexibility index (Phi) is 9.34. The summed E-state index contributed by atoms with van der Waals surface area (Å²) in [6, 6.07) is 2.21. The summed E-state index contributed by atoms with van der Waals surface area (Å²) in [4.78, 5) is 24.3. The number of ether oxygens (including phenoxy) is 2. The van der Waals surface area contributed by atoms with E-state index < -0.39 is 23.6 Å². The van der Waals surface area contributed by atoms with Gasteiger partial charge in [0.25, 0.3) is 0 Å². The molecule has 1 aromatic rings. The lowest BCUT2D eigenvalue weighted by Gasteiger charge is -2.26. The minimum Gasteiger partial charge on any atom is -0.489 e. The van der Waals surface area contributed by atoms with E-state index in [4.69, 9.17) is 44.3 Å². The zero-order chi connectivity index (χ0) is 21.6. The number of hydrogen-bond donors (Lipinski definition) is 2. The van der Waals surface area contributed by atoms with E-state index in [1.165, 1.54) is 12.1 Å². The van der Waals surface area contributed by atoms with Crippen molar-refractivity contribution in [2.45, 2.75) is 59.2 Å². The predicted molar refractivity (Wildman–Crippen MR) is 113 cm³/mol. The van der Waals surface area contributed by atoms with Gasteiger partial charge < -0.3 is 9.47 Å². The van der Waals surface area contributed by atoms with Crippen LogP contribution in [-0.2, 0) is 9.53 Å². The van der Waals surface area contributed by atoms with Gasteiger partial charge in [-0.05, 0) is 45.7 Å². The molecule has 0 bridgehead atoms. The fraction of sp³-hybridized carbons (Fsp3) is 0.579. The predicted octanol–water partition coefficient (Wildman–Crippen LogP) is 5.08. The molecule has 2 N–H and O–H groups in total. The Morgan fingerprint density at radius 1 is 1.07 bits per heavy atom. The van der Waals surface area contributed by atoms with Gasteiger partial charge in [0, 0.05) is 11.1 Å². The first-order valence-corrected chi connectivity index (χ1v) is 10.0. The number of carbonyl (C=O) groups excluding carboxylic acids is 2. The zero-order valence-electron chi connectivity index (χ0n) is 16.9. The van der Waals surface area contributed by atoms with Crippen LogP contribution in [0, 0.1) is 5.92 Å². The standard InChI is InChI=1S/C19H27Cl3N2O4/c1-10(2)15(17(25)24-18(26)28-19(4,5)6)23-11(3)9-27-16-13(21)7-12(20)8-14(16)22/h7-8,10-11,15,23H,9H2,1-6H3,(H,24,25,26)/t11?,15-/m0/s1. The van der Waals surface area contributed by atoms with Gasteiger partial charge in [-0.25, -0.2) is 4.79 Å². The van der Waals surface area contributed by atoms with Crippen molar-refractivity contribution < 1.29 is 19.1 Å². The molecule has 0 aromatic heterocycles. The molecule has 1 rings (SSSR count). The van der Waals surface area contributed by atoms with Crippen molar-refractivity contribution in [2.24, 2.45) is 5.92 Å². The topological polar surface area (TPSA) is 76.7 Å². The first-order valence-electron chi connectivity index (χ1n) is 8.87. The van der Waals surface area contributed by atoms with E-state index in [0.717, 1.165) is 0 Å². The first-order chi connectivity index (χ1) is 12.8. The number of rotatable bonds is 7. The normalized spacial score (nSPS) is 13.8. The van der Waals surface area contributed by atoms with Crippen LogP contribution in [0.4, 0.5) is 4.79 Å². The third-order valence-electron chi connectivity index (χ3n) is 3.48. The number of benzene rings is 1. The molecule has 0 saturated heterocycles. The summed E-state index contributed by atoms with van der Waals surface area (Å²) in [5.74, 6) is -0.230. The van der Waals surface area contributed by atoms with Crippen molar-refractivity contribution in [3.8, 4) is 5.75 Å². The molecule has 9 heteroatoms. The van der Waals surface area contributed by atoms with E-state index in [1.54, 1.807) is 20.8 Å². The molecule has 1 unspecified atom stereocenters. The lowest BCUT2D eigenvalue weighted by Crippen LogP contribution is -2.53. The molecule has 2 atom stereocenters. The maximum atomic E-state index is 12.5. The van der Waals surface area contributed by atoms with E-state index in [-0.39, 0.29) is 18.6 Å². The maximum absolute atomic E-state index is 12.5. The van der Waals surface area contributed by atoms with Gasteiger partial charge in [-0.2, -0.15) is 0 Å². The van der Waals surface area contributed by atoms with E-state index >= 15 is 0 Å². The van der Waals surface area contributed by atoms with E-state index in [0.29, 0.717) is 20.8 Å². The lowest BCUT2D eigenvalue weighted by molar-refractivity contribution is -0.124. The van der Waals surface area contributed by atoms with Crippen LogP contribution < -0.4 is 15.4 Å². The smallest absolute Gasteiger partial charge is 0.414 e. The SMILES string of the molecule is CC(COc1c(Cl)cc(Cl)cc1Cl)N[C@H](C(=O)NC(=O)OC(C)(C)C)C(C)C. The molecule has 0 aliphatic heterocycles. The first kappa shape index (κ1) is 24.8. The molecule has 0 radical (unpaired) electrons. The van der Waals surface area contributed by atoms with E-state index in [9.17, 15) is 9.59 Å². The maximum Gasteiger partial charge on any atom is 0.414 e. The Morgan fingerprint density at radius 3 is 2.07 bits per heavy atom. The molecule has 6 nitrogen and oxygen atoms in total. The number of carbonyl (C=O) groups is 2. The van der Waals surface area contributed by atoms with Crippen LogP contribution in [0.1, 0.15) is 41.5 Å². The third-order valence-corrected chi connectivity index (χ3v) is 4.26. The molecule has 0 fully saturated rings. The van der Waals surface area contributed by atoms with Gasteiger partial charge in [0.15, 0.2) is 5.75 Å². The van der Waals surface area contributed by atoms with Gasteiger partial charge >= 0.3 is 6.09 Å². The molecular weight excluding hydrogens is 427 g/mol. The molecule has 28 heavy (non-hydrogen) atoms. The second-order valence-corrected chi connectivity index (χ2v) is 9.04. The fourth-order valence-corrected chi connectivity index (χ4v) is 3.21. The number of nitrogens with one attached hydrogen (secondary N) is 2. The fourth-order valence-electron chi connectivity index (χ4n) is 2.28. The van der Waals surface area contributed by atoms with Gasteiger partial charge in [-0.15, -0.1) is 0 Å². The Labute approximate surface area is 181 Å². The number of amides is 2. The van der Waals surface area contributed by atoms with Crippen molar-refractivity contribution in [1.29, 1.82) is 0 Å². The number of imide groups is 1. The van der Waals surface area contributed by atoms with Gasteiger partial charge in [0.05, 0.1) is 16.1 Å². The van der Waals surface area contributed by atoms with Crippen molar-refractivity contribution in [1.82, 2.24) is 10.6 Å². The monoisotopic (exact) mass is 452 g/mol. The van der Waals surface area contributed by atoms with Gasteiger partial charge in [-0.3, -0.25) is 15.4 Å². The number of halogens is 3. The number of hydrogen-bond acceptors (Lipinski definition) is 5. The molecule has 0 heterocycles. The molecule has 0 spiro atoms. The minimum atomic E-state index is -0.784. The molecule has 0 aliphatic carbocycles. The summed E-state index contributed by atoms with van der Waals surface area (Å²) in [6.07, 6.45) is -0.784. The summed E-state index contributed by atoms with van der Waals surface area (Å²) in [7, 11) is 0. The van der Waals surface area contributed by atoms with Crippen LogP contribution >= 0.6 is 34.8 Å². The summed E-state index contributed by atoms with van der Waals surface area (Å²) in [5, 5.41) is 6.42. The molecule has 2 amide bonds. The largest absolute Gasteiger partial charge is 0.489 e. The van der Waals surface area contributed by atoms with Crippen LogP contribution in [0.25, 0.3) is 0 Å². The van der Waals surface area contributed by atoms with E-state index in [1.807, 2.05) is 20.8 Å². The van der Waals surface area contributed by atoms with Gasteiger partial charge in [0.1, 0.15) is 12.2 Å². The molecule has 158 valence electrons. The van der Waals surface area contributed by atoms with E-state index in [2.05, 4.69) is 10.6 Å². The third kappa shape index (κ3) is 8.43. The molecular formula is C19H27Cl3N2O4. The number of alkyl carbamates (subject to hydrolysis) is 1. The highest BCUT2D eigenvalue weighted by Crippen LogP contribution is 2.35. The Hall–Kier alpha value is -1.21. The van der Waals surface area contributed by atoms with Crippen molar-refractivity contribution in [3.05, 3.63) is 27.2 Å². The van der Waals surface area contributed by atoms with Crippen molar-refractivity contribution >= 4 is 46.8 Å². The Balaban J connectivity index is 2.68. The molecule has 0 saturated carbocycles. The second kappa shape index (κ2) is 10.5. The highest BCUT2D eigenvalue weighted by molar-refractivity contribution is 6.40. The summed E-state index contributed by atoms with van der Waals surface area (Å²) < 4.78 is 10.8. The zero-order valence-corrected chi connectivity index (χ0v) is 19.1. The van der Waals surface area contributed by atoms with Crippen LogP contribution in [0.15, 0.2) is 12.1 Å². The van der Waals surface area contributed by atoms with Crippen LogP contribution in [0.2, 0.25) is 15.1 Å². The molecule has 0 aliphatic rings. The van der Waals surface area contributed by atoms with Crippen molar-refractivity contribution in [3.63, 3.8) is 0 Å². The Bertz CT molecular complexity index is 682.